The lowest BCUT2D eigenvalue weighted by atomic mass is 10.0. The summed E-state index contributed by atoms with van der Waals surface area (Å²) in [7, 11) is 0. The largest absolute Gasteiger partial charge is 0.481 e. The average molecular weight is 194 g/mol. The highest BCUT2D eigenvalue weighted by Gasteiger charge is 2.23. The van der Waals surface area contributed by atoms with Gasteiger partial charge in [-0.25, -0.2) is 4.98 Å². The Labute approximate surface area is 82.6 Å². The van der Waals surface area contributed by atoms with Gasteiger partial charge in [0.05, 0.1) is 17.9 Å². The summed E-state index contributed by atoms with van der Waals surface area (Å²) in [6.07, 6.45) is 5.05. The number of carboxylic acid groups (broad SMARTS) is 1. The fourth-order valence-corrected chi connectivity index (χ4v) is 1.94. The topological polar surface area (TPSA) is 55.1 Å². The minimum atomic E-state index is -0.794. The van der Waals surface area contributed by atoms with Crippen LogP contribution in [0.5, 0.6) is 0 Å². The van der Waals surface area contributed by atoms with E-state index in [2.05, 4.69) is 9.55 Å². The summed E-state index contributed by atoms with van der Waals surface area (Å²) in [5.74, 6) is -1.28. The molecular weight excluding hydrogens is 180 g/mol. The fraction of sp³-hybridized carbons (Fsp3) is 0.600. The third-order valence-electron chi connectivity index (χ3n) is 2.82. The molecule has 0 saturated carbocycles. The predicted molar refractivity (Wildman–Crippen MR) is 51.2 cm³/mol. The molecule has 2 heterocycles. The van der Waals surface area contributed by atoms with Gasteiger partial charge in [0, 0.05) is 12.2 Å². The monoisotopic (exact) mass is 194 g/mol. The molecule has 76 valence electrons. The average Bonchev–Trinajstić information content (AvgIpc) is 2.60. The van der Waals surface area contributed by atoms with Gasteiger partial charge in [0.1, 0.15) is 0 Å². The van der Waals surface area contributed by atoms with E-state index < -0.39 is 11.9 Å². The number of nitrogens with zero attached hydrogens (tertiary/aromatic N) is 2. The molecule has 14 heavy (non-hydrogen) atoms. The van der Waals surface area contributed by atoms with Crippen LogP contribution in [0.15, 0.2) is 6.33 Å². The van der Waals surface area contributed by atoms with E-state index in [1.807, 2.05) is 0 Å². The van der Waals surface area contributed by atoms with Gasteiger partial charge in [-0.2, -0.15) is 0 Å². The summed E-state index contributed by atoms with van der Waals surface area (Å²) in [4.78, 5) is 15.0. The van der Waals surface area contributed by atoms with Gasteiger partial charge in [0.2, 0.25) is 0 Å². The summed E-state index contributed by atoms with van der Waals surface area (Å²) in [5.41, 5.74) is 1.86. The van der Waals surface area contributed by atoms with Gasteiger partial charge in [-0.3, -0.25) is 4.79 Å². The molecule has 1 N–H and O–H groups in total. The van der Waals surface area contributed by atoms with Crippen molar-refractivity contribution in [2.75, 3.05) is 0 Å². The lowest BCUT2D eigenvalue weighted by Gasteiger charge is -2.16. The number of hydrogen-bond donors (Lipinski definition) is 1. The summed E-state index contributed by atoms with van der Waals surface area (Å²) in [6.45, 7) is 2.68. The van der Waals surface area contributed by atoms with Gasteiger partial charge in [0.15, 0.2) is 0 Å². The van der Waals surface area contributed by atoms with Crippen LogP contribution in [0, 0.1) is 0 Å². The molecule has 4 nitrogen and oxygen atoms in total. The molecule has 1 unspecified atom stereocenters. The second-order valence-electron chi connectivity index (χ2n) is 3.79. The molecule has 2 rings (SSSR count). The fourth-order valence-electron chi connectivity index (χ4n) is 1.94. The summed E-state index contributed by atoms with van der Waals surface area (Å²) in [5, 5.41) is 8.91. The van der Waals surface area contributed by atoms with Gasteiger partial charge in [-0.1, -0.05) is 0 Å². The first-order valence-electron chi connectivity index (χ1n) is 4.97. The van der Waals surface area contributed by atoms with E-state index in [1.165, 1.54) is 6.42 Å². The summed E-state index contributed by atoms with van der Waals surface area (Å²) < 4.78 is 2.08. The van der Waals surface area contributed by atoms with Gasteiger partial charge in [0.25, 0.3) is 0 Å². The quantitative estimate of drug-likeness (QED) is 0.774. The maximum absolute atomic E-state index is 10.8. The minimum absolute atomic E-state index is 0.482. The van der Waals surface area contributed by atoms with Crippen molar-refractivity contribution in [1.29, 1.82) is 0 Å². The normalized spacial score (nSPS) is 17.5. The smallest absolute Gasteiger partial charge is 0.312 e. The molecular formula is C10H14N2O2. The minimum Gasteiger partial charge on any atom is -0.481 e. The molecule has 0 amide bonds. The van der Waals surface area contributed by atoms with Crippen molar-refractivity contribution in [3.63, 3.8) is 0 Å². The Bertz CT molecular complexity index is 357. The van der Waals surface area contributed by atoms with Crippen LogP contribution >= 0.6 is 0 Å². The number of aromatic nitrogens is 2. The molecule has 0 fully saturated rings. The van der Waals surface area contributed by atoms with Crippen molar-refractivity contribution in [2.45, 2.75) is 38.6 Å². The van der Waals surface area contributed by atoms with E-state index in [0.717, 1.165) is 30.8 Å². The molecule has 1 aliphatic heterocycles. The Kier molecular flexibility index (Phi) is 2.27. The number of hydrogen-bond acceptors (Lipinski definition) is 2. The number of rotatable bonds is 2. The first-order chi connectivity index (χ1) is 6.70. The van der Waals surface area contributed by atoms with Crippen molar-refractivity contribution in [3.8, 4) is 0 Å². The van der Waals surface area contributed by atoms with Crippen molar-refractivity contribution < 1.29 is 9.90 Å². The molecule has 0 bridgehead atoms. The maximum atomic E-state index is 10.8. The maximum Gasteiger partial charge on any atom is 0.312 e. The Morgan fingerprint density at radius 3 is 3.14 bits per heavy atom. The highest BCUT2D eigenvalue weighted by molar-refractivity contribution is 5.75. The summed E-state index contributed by atoms with van der Waals surface area (Å²) in [6, 6.07) is 0. The van der Waals surface area contributed by atoms with Crippen molar-refractivity contribution >= 4 is 5.97 Å². The number of carboxylic acids is 1. The first-order valence-corrected chi connectivity index (χ1v) is 4.97. The van der Waals surface area contributed by atoms with Crippen LogP contribution in [0.4, 0.5) is 0 Å². The predicted octanol–water partition coefficient (Wildman–Crippen LogP) is 1.41. The molecule has 0 saturated heterocycles. The zero-order valence-corrected chi connectivity index (χ0v) is 8.23. The molecule has 0 aromatic carbocycles. The third-order valence-corrected chi connectivity index (χ3v) is 2.82. The highest BCUT2D eigenvalue weighted by atomic mass is 16.4. The molecule has 1 aromatic rings. The molecule has 1 atom stereocenters. The van der Waals surface area contributed by atoms with E-state index in [1.54, 1.807) is 13.3 Å². The number of imidazole rings is 1. The van der Waals surface area contributed by atoms with Crippen LogP contribution in [0.25, 0.3) is 0 Å². The second kappa shape index (κ2) is 3.44. The van der Waals surface area contributed by atoms with Crippen LogP contribution in [-0.2, 0) is 17.8 Å². The SMILES string of the molecule is CC(C(=O)O)c1ncn2c1CCCC2. The first kappa shape index (κ1) is 9.24. The van der Waals surface area contributed by atoms with Crippen LogP contribution < -0.4 is 0 Å². The Hall–Kier alpha value is -1.32. The standard InChI is InChI=1S/C10H14N2O2/c1-7(10(13)14)9-8-4-2-3-5-12(8)6-11-9/h6-7H,2-5H2,1H3,(H,13,14). The molecule has 0 spiro atoms. The van der Waals surface area contributed by atoms with Crippen molar-refractivity contribution in [3.05, 3.63) is 17.7 Å². The van der Waals surface area contributed by atoms with Crippen LogP contribution in [0.1, 0.15) is 37.1 Å². The van der Waals surface area contributed by atoms with E-state index in [0.29, 0.717) is 0 Å². The number of aliphatic carboxylic acids is 1. The highest BCUT2D eigenvalue weighted by Crippen LogP contribution is 2.23. The Balaban J connectivity index is 2.34. The van der Waals surface area contributed by atoms with Gasteiger partial charge in [-0.15, -0.1) is 0 Å². The third kappa shape index (κ3) is 1.41. The van der Waals surface area contributed by atoms with Crippen LogP contribution in [0.3, 0.4) is 0 Å². The van der Waals surface area contributed by atoms with E-state index in [-0.39, 0.29) is 0 Å². The Morgan fingerprint density at radius 2 is 2.43 bits per heavy atom. The van der Waals surface area contributed by atoms with Gasteiger partial charge < -0.3 is 9.67 Å². The van der Waals surface area contributed by atoms with E-state index in [9.17, 15) is 4.79 Å². The molecule has 4 heteroatoms. The molecule has 1 aliphatic rings. The van der Waals surface area contributed by atoms with E-state index >= 15 is 0 Å². The van der Waals surface area contributed by atoms with Crippen LogP contribution in [0.2, 0.25) is 0 Å². The zero-order valence-electron chi connectivity index (χ0n) is 8.23. The van der Waals surface area contributed by atoms with Crippen molar-refractivity contribution in [2.24, 2.45) is 0 Å². The molecule has 0 aliphatic carbocycles. The van der Waals surface area contributed by atoms with Gasteiger partial charge in [-0.05, 0) is 26.2 Å². The zero-order chi connectivity index (χ0) is 10.1. The number of carbonyl (C=O) groups is 1. The molecule has 0 radical (unpaired) electrons. The number of aryl methyl sites for hydroxylation is 1. The molecule has 1 aromatic heterocycles. The second-order valence-corrected chi connectivity index (χ2v) is 3.79. The van der Waals surface area contributed by atoms with Gasteiger partial charge >= 0.3 is 5.97 Å². The van der Waals surface area contributed by atoms with E-state index in [4.69, 9.17) is 5.11 Å². The van der Waals surface area contributed by atoms with Crippen LogP contribution in [-0.4, -0.2) is 20.6 Å². The Morgan fingerprint density at radius 1 is 1.64 bits per heavy atom. The summed E-state index contributed by atoms with van der Waals surface area (Å²) >= 11 is 0. The lowest BCUT2D eigenvalue weighted by molar-refractivity contribution is -0.138. The van der Waals surface area contributed by atoms with Crippen molar-refractivity contribution in [1.82, 2.24) is 9.55 Å². The number of fused-ring (bicyclic) bond motifs is 1. The lowest BCUT2D eigenvalue weighted by Crippen LogP contribution is -2.14.